The van der Waals surface area contributed by atoms with Gasteiger partial charge in [0.05, 0.1) is 6.04 Å². The SMILES string of the molecule is C=CCNC(=O)C(=O)C(CC1CCC1)NC(=O)[C@@H]1[C@H]2CCC3(CC3)[C@H]2CN1C(=O)[C@@H](NC(=O)NC1(CC(C(=O)C=O)C(C)(C)C)CCCCC1)C1(C)CCCCC1. The zero-order chi connectivity index (χ0) is 41.2. The number of hydrogen-bond donors (Lipinski definition) is 4. The molecule has 0 bridgehead atoms. The first-order chi connectivity index (χ1) is 27.1. The number of amides is 5. The highest BCUT2D eigenvalue weighted by molar-refractivity contribution is 6.38. The molecule has 5 amide bonds. The molecule has 5 aliphatic carbocycles. The maximum atomic E-state index is 15.3. The van der Waals surface area contributed by atoms with Crippen LogP contribution in [0.15, 0.2) is 12.7 Å². The van der Waals surface area contributed by atoms with Gasteiger partial charge in [-0.1, -0.05) is 91.6 Å². The van der Waals surface area contributed by atoms with Crippen LogP contribution in [0.1, 0.15) is 150 Å². The van der Waals surface area contributed by atoms with Crippen LogP contribution in [-0.2, 0) is 28.8 Å². The van der Waals surface area contributed by atoms with Crippen molar-refractivity contribution < 1.29 is 33.6 Å². The topological polar surface area (TPSA) is 171 Å². The van der Waals surface area contributed by atoms with Crippen molar-refractivity contribution in [2.45, 2.75) is 173 Å². The van der Waals surface area contributed by atoms with Crippen molar-refractivity contribution in [2.24, 2.45) is 39.9 Å². The van der Waals surface area contributed by atoms with Crippen molar-refractivity contribution in [3.8, 4) is 0 Å². The fraction of sp³-hybridized carbons (Fsp3) is 0.800. The Balaban J connectivity index is 1.28. The van der Waals surface area contributed by atoms with Gasteiger partial charge in [0, 0.05) is 24.5 Å². The van der Waals surface area contributed by atoms with E-state index in [9.17, 15) is 28.8 Å². The van der Waals surface area contributed by atoms with Gasteiger partial charge in [0.2, 0.25) is 17.6 Å². The second kappa shape index (κ2) is 17.3. The average molecular weight is 792 g/mol. The smallest absolute Gasteiger partial charge is 0.315 e. The molecular weight excluding hydrogens is 723 g/mol. The molecule has 12 heteroatoms. The molecule has 0 aromatic carbocycles. The highest BCUT2D eigenvalue weighted by atomic mass is 16.2. The summed E-state index contributed by atoms with van der Waals surface area (Å²) in [6, 6.07) is -3.19. The number of rotatable bonds is 16. The summed E-state index contributed by atoms with van der Waals surface area (Å²) in [5, 5.41) is 12.1. The van der Waals surface area contributed by atoms with E-state index in [1.54, 1.807) is 4.90 Å². The van der Waals surface area contributed by atoms with Gasteiger partial charge in [-0.15, -0.1) is 6.58 Å². The number of fused-ring (bicyclic) bond motifs is 2. The number of carbonyl (C=O) groups is 7. The first kappa shape index (κ1) is 43.0. The minimum Gasteiger partial charge on any atom is -0.346 e. The summed E-state index contributed by atoms with van der Waals surface area (Å²) in [5.41, 5.74) is -1.65. The summed E-state index contributed by atoms with van der Waals surface area (Å²) in [7, 11) is 0. The van der Waals surface area contributed by atoms with Crippen molar-refractivity contribution >= 4 is 41.6 Å². The van der Waals surface area contributed by atoms with Gasteiger partial charge in [-0.25, -0.2) is 4.79 Å². The van der Waals surface area contributed by atoms with Crippen molar-refractivity contribution in [1.29, 1.82) is 0 Å². The van der Waals surface area contributed by atoms with E-state index in [2.05, 4.69) is 34.8 Å². The van der Waals surface area contributed by atoms with Crippen molar-refractivity contribution in [3.63, 3.8) is 0 Å². The van der Waals surface area contributed by atoms with Crippen LogP contribution in [0.4, 0.5) is 4.79 Å². The van der Waals surface area contributed by atoms with Gasteiger partial charge in [0.15, 0.2) is 12.1 Å². The van der Waals surface area contributed by atoms with Gasteiger partial charge < -0.3 is 26.2 Å². The van der Waals surface area contributed by atoms with E-state index in [4.69, 9.17) is 0 Å². The fourth-order valence-corrected chi connectivity index (χ4v) is 11.5. The van der Waals surface area contributed by atoms with E-state index >= 15 is 4.79 Å². The molecule has 0 aromatic heterocycles. The van der Waals surface area contributed by atoms with Gasteiger partial charge in [-0.3, -0.25) is 28.8 Å². The molecule has 4 N–H and O–H groups in total. The predicted octanol–water partition coefficient (Wildman–Crippen LogP) is 5.71. The lowest BCUT2D eigenvalue weighted by Crippen LogP contribution is -2.64. The van der Waals surface area contributed by atoms with E-state index in [1.807, 2.05) is 20.8 Å². The van der Waals surface area contributed by atoms with Gasteiger partial charge in [-0.05, 0) is 98.2 Å². The monoisotopic (exact) mass is 792 g/mol. The first-order valence-corrected chi connectivity index (χ1v) is 22.2. The quantitative estimate of drug-likeness (QED) is 0.0882. The molecule has 0 aromatic rings. The van der Waals surface area contributed by atoms with Gasteiger partial charge >= 0.3 is 6.03 Å². The Morgan fingerprint density at radius 3 is 2.05 bits per heavy atom. The number of ketones is 2. The fourth-order valence-electron chi connectivity index (χ4n) is 11.5. The molecule has 6 atom stereocenters. The molecule has 6 rings (SSSR count). The Labute approximate surface area is 339 Å². The normalized spacial score (nSPS) is 27.4. The summed E-state index contributed by atoms with van der Waals surface area (Å²) in [6.45, 7) is 12.1. The second-order valence-electron chi connectivity index (χ2n) is 20.3. The molecule has 5 saturated carbocycles. The third-order valence-electron chi connectivity index (χ3n) is 15.4. The number of urea groups is 1. The number of hydrogen-bond acceptors (Lipinski definition) is 7. The van der Waals surface area contributed by atoms with Crippen LogP contribution in [0.2, 0.25) is 0 Å². The van der Waals surface area contributed by atoms with Crippen LogP contribution in [0.5, 0.6) is 0 Å². The molecule has 12 nitrogen and oxygen atoms in total. The summed E-state index contributed by atoms with van der Waals surface area (Å²) in [5.74, 6) is -2.83. The highest BCUT2D eigenvalue weighted by Gasteiger charge is 2.64. The van der Waals surface area contributed by atoms with Crippen LogP contribution in [0.25, 0.3) is 0 Å². The lowest BCUT2D eigenvalue weighted by Gasteiger charge is -2.45. The molecule has 0 radical (unpaired) electrons. The minimum atomic E-state index is -0.995. The molecular formula is C45H69N5O7. The molecule has 6 aliphatic rings. The lowest BCUT2D eigenvalue weighted by molar-refractivity contribution is -0.145. The molecule has 316 valence electrons. The van der Waals surface area contributed by atoms with E-state index in [0.717, 1.165) is 96.3 Å². The minimum absolute atomic E-state index is 0.0747. The van der Waals surface area contributed by atoms with Crippen molar-refractivity contribution in [2.75, 3.05) is 13.1 Å². The summed E-state index contributed by atoms with van der Waals surface area (Å²) in [4.78, 5) is 97.4. The van der Waals surface area contributed by atoms with Crippen molar-refractivity contribution in [1.82, 2.24) is 26.2 Å². The van der Waals surface area contributed by atoms with Gasteiger partial charge in [0.25, 0.3) is 5.91 Å². The van der Waals surface area contributed by atoms with E-state index in [-0.39, 0.29) is 35.6 Å². The third kappa shape index (κ3) is 9.35. The standard InChI is InChI=1S/C45H69N5O7/c1-6-24-46-39(55)36(53)33(25-29-14-13-15-29)47-38(54)35-30-16-21-44(22-23-44)32(30)27-50(35)40(56)37(43(5)17-9-7-10-18-43)48-41(57)49-45(19-11-8-12-20-45)26-31(34(52)28-51)42(2,3)4/h6,28-33,35,37H,1,7-27H2,2-5H3,(H,46,55)(H,47,54)(H2,48,49,57)/t30-,31?,32-,33?,35-,37+/m0/s1. The number of carbonyl (C=O) groups excluding carboxylic acids is 7. The van der Waals surface area contributed by atoms with Crippen molar-refractivity contribution in [3.05, 3.63) is 12.7 Å². The first-order valence-electron chi connectivity index (χ1n) is 22.2. The molecule has 6 fully saturated rings. The van der Waals surface area contributed by atoms with Crippen LogP contribution in [-0.4, -0.2) is 83.3 Å². The van der Waals surface area contributed by atoms with E-state index < -0.39 is 69.8 Å². The zero-order valence-electron chi connectivity index (χ0n) is 35.1. The number of nitrogens with one attached hydrogen (secondary N) is 4. The molecule has 1 saturated heterocycles. The number of nitrogens with zero attached hydrogens (tertiary/aromatic N) is 1. The summed E-state index contributed by atoms with van der Waals surface area (Å²) >= 11 is 0. The Morgan fingerprint density at radius 1 is 0.842 bits per heavy atom. The molecule has 1 heterocycles. The lowest BCUT2D eigenvalue weighted by atomic mass is 9.67. The molecule has 2 unspecified atom stereocenters. The van der Waals surface area contributed by atoms with Crippen LogP contribution in [0.3, 0.4) is 0 Å². The third-order valence-corrected chi connectivity index (χ3v) is 15.4. The van der Waals surface area contributed by atoms with Crippen LogP contribution in [0, 0.1) is 39.9 Å². The van der Waals surface area contributed by atoms with Gasteiger partial charge in [-0.2, -0.15) is 0 Å². The second-order valence-corrected chi connectivity index (χ2v) is 20.3. The molecule has 1 aliphatic heterocycles. The number of Topliss-reactive ketones (excluding diaryl/α,β-unsaturated/α-hetero) is 2. The highest BCUT2D eigenvalue weighted by Crippen LogP contribution is 2.66. The average Bonchev–Trinajstić information content (AvgIpc) is 3.73. The maximum Gasteiger partial charge on any atom is 0.315 e. The Kier molecular flexibility index (Phi) is 13.1. The van der Waals surface area contributed by atoms with Crippen LogP contribution >= 0.6 is 0 Å². The zero-order valence-corrected chi connectivity index (χ0v) is 35.1. The number of aldehydes is 1. The Morgan fingerprint density at radius 2 is 1.49 bits per heavy atom. The maximum absolute atomic E-state index is 15.3. The Hall–Kier alpha value is -3.57. The predicted molar refractivity (Wildman–Crippen MR) is 217 cm³/mol. The molecule has 57 heavy (non-hydrogen) atoms. The Bertz CT molecular complexity index is 1570. The summed E-state index contributed by atoms with van der Waals surface area (Å²) < 4.78 is 0. The van der Waals surface area contributed by atoms with E-state index in [0.29, 0.717) is 38.5 Å². The van der Waals surface area contributed by atoms with E-state index in [1.165, 1.54) is 6.08 Å². The summed E-state index contributed by atoms with van der Waals surface area (Å²) in [6.07, 6.45) is 18.0. The van der Waals surface area contributed by atoms with Crippen LogP contribution < -0.4 is 21.3 Å². The molecule has 1 spiro atoms. The van der Waals surface area contributed by atoms with Gasteiger partial charge in [0.1, 0.15) is 12.1 Å². The largest absolute Gasteiger partial charge is 0.346 e. The number of likely N-dealkylation sites (tertiary alicyclic amines) is 1.